The zero-order valence-corrected chi connectivity index (χ0v) is 14.2. The Kier molecular flexibility index (Phi) is 8.93. The minimum atomic E-state index is -0.524. The largest absolute Gasteiger partial charge is 0.468 e. The molecule has 0 amide bonds. The highest BCUT2D eigenvalue weighted by molar-refractivity contribution is 5.80. The highest BCUT2D eigenvalue weighted by atomic mass is 16.5. The van der Waals surface area contributed by atoms with Crippen LogP contribution in [0, 0.1) is 0 Å². The number of nitrogens with zero attached hydrogens (tertiary/aromatic N) is 1. The maximum atomic E-state index is 12.0. The van der Waals surface area contributed by atoms with Gasteiger partial charge in [0.15, 0.2) is 0 Å². The molecule has 1 aliphatic rings. The first kappa shape index (κ1) is 18.4. The highest BCUT2D eigenvalue weighted by Crippen LogP contribution is 2.17. The van der Waals surface area contributed by atoms with Crippen LogP contribution in [0.2, 0.25) is 0 Å². The van der Waals surface area contributed by atoms with Gasteiger partial charge in [0.1, 0.15) is 5.54 Å². The number of ether oxygens (including phenoxy) is 1. The molecule has 1 N–H and O–H groups in total. The predicted molar refractivity (Wildman–Crippen MR) is 87.5 cm³/mol. The molecule has 1 rings (SSSR count). The van der Waals surface area contributed by atoms with Crippen LogP contribution in [0.1, 0.15) is 65.2 Å². The van der Waals surface area contributed by atoms with Crippen molar-refractivity contribution in [2.24, 2.45) is 0 Å². The second-order valence-corrected chi connectivity index (χ2v) is 6.46. The molecule has 0 aliphatic carbocycles. The van der Waals surface area contributed by atoms with Crippen molar-refractivity contribution in [2.75, 3.05) is 33.3 Å². The molecule has 1 saturated heterocycles. The molecule has 4 nitrogen and oxygen atoms in total. The first-order valence-electron chi connectivity index (χ1n) is 8.68. The van der Waals surface area contributed by atoms with Gasteiger partial charge in [-0.15, -0.1) is 0 Å². The van der Waals surface area contributed by atoms with Crippen LogP contribution in [0.3, 0.4) is 0 Å². The van der Waals surface area contributed by atoms with Crippen LogP contribution in [0.15, 0.2) is 0 Å². The summed E-state index contributed by atoms with van der Waals surface area (Å²) in [5, 5.41) is 3.36. The monoisotopic (exact) mass is 298 g/mol. The molecule has 0 aromatic carbocycles. The van der Waals surface area contributed by atoms with Crippen molar-refractivity contribution in [1.29, 1.82) is 0 Å². The van der Waals surface area contributed by atoms with E-state index >= 15 is 0 Å². The first-order chi connectivity index (χ1) is 10.1. The Morgan fingerprint density at radius 3 is 2.43 bits per heavy atom. The summed E-state index contributed by atoms with van der Waals surface area (Å²) in [4.78, 5) is 14.6. The molecule has 124 valence electrons. The number of nitrogens with one attached hydrogen (secondary N) is 1. The Labute approximate surface area is 130 Å². The maximum absolute atomic E-state index is 12.0. The third-order valence-electron chi connectivity index (χ3n) is 4.50. The molecule has 0 radical (unpaired) electrons. The topological polar surface area (TPSA) is 41.6 Å². The zero-order chi connectivity index (χ0) is 15.6. The van der Waals surface area contributed by atoms with Gasteiger partial charge < -0.3 is 15.0 Å². The Morgan fingerprint density at radius 1 is 1.19 bits per heavy atom. The molecule has 21 heavy (non-hydrogen) atoms. The number of esters is 1. The summed E-state index contributed by atoms with van der Waals surface area (Å²) in [6.07, 6.45) is 9.58. The normalized spacial score (nSPS) is 19.8. The third-order valence-corrected chi connectivity index (χ3v) is 4.50. The Hall–Kier alpha value is -0.610. The molecule has 0 bridgehead atoms. The van der Waals surface area contributed by atoms with E-state index in [1.807, 2.05) is 6.92 Å². The fourth-order valence-corrected chi connectivity index (χ4v) is 3.06. The summed E-state index contributed by atoms with van der Waals surface area (Å²) in [6.45, 7) is 8.62. The smallest absolute Gasteiger partial charge is 0.325 e. The number of hydrogen-bond donors (Lipinski definition) is 1. The number of carbonyl (C=O) groups excluding carboxylic acids is 1. The van der Waals surface area contributed by atoms with Crippen LogP contribution in [0.4, 0.5) is 0 Å². The van der Waals surface area contributed by atoms with E-state index in [1.54, 1.807) is 0 Å². The molecule has 0 spiro atoms. The van der Waals surface area contributed by atoms with Crippen molar-refractivity contribution in [3.63, 3.8) is 0 Å². The van der Waals surface area contributed by atoms with Gasteiger partial charge in [0.05, 0.1) is 7.11 Å². The number of likely N-dealkylation sites (tertiary alicyclic amines) is 1. The van der Waals surface area contributed by atoms with Gasteiger partial charge in [-0.05, 0) is 71.6 Å². The second-order valence-electron chi connectivity index (χ2n) is 6.46. The molecule has 1 heterocycles. The van der Waals surface area contributed by atoms with E-state index in [0.717, 1.165) is 25.8 Å². The van der Waals surface area contributed by atoms with Crippen molar-refractivity contribution in [3.05, 3.63) is 0 Å². The molecular formula is C17H34N2O2. The van der Waals surface area contributed by atoms with Gasteiger partial charge in [-0.2, -0.15) is 0 Å². The Morgan fingerprint density at radius 2 is 1.86 bits per heavy atom. The summed E-state index contributed by atoms with van der Waals surface area (Å²) in [6, 6.07) is 0. The highest BCUT2D eigenvalue weighted by Gasteiger charge is 2.32. The molecule has 4 heteroatoms. The van der Waals surface area contributed by atoms with Crippen LogP contribution >= 0.6 is 0 Å². The summed E-state index contributed by atoms with van der Waals surface area (Å²) in [5.41, 5.74) is -0.524. The molecule has 1 atom stereocenters. The minimum absolute atomic E-state index is 0.134. The Balaban J connectivity index is 2.30. The van der Waals surface area contributed by atoms with Crippen molar-refractivity contribution in [1.82, 2.24) is 10.2 Å². The third kappa shape index (κ3) is 6.79. The van der Waals surface area contributed by atoms with Crippen LogP contribution < -0.4 is 5.32 Å². The van der Waals surface area contributed by atoms with E-state index in [0.29, 0.717) is 0 Å². The van der Waals surface area contributed by atoms with Gasteiger partial charge in [-0.25, -0.2) is 0 Å². The van der Waals surface area contributed by atoms with Crippen molar-refractivity contribution in [2.45, 2.75) is 70.8 Å². The predicted octanol–water partition coefficient (Wildman–Crippen LogP) is 2.96. The lowest BCUT2D eigenvalue weighted by atomic mass is 9.94. The standard InChI is InChI=1S/C17H34N2O2/c1-4-12-18-17(2,16(20)21-3)11-7-10-15-19-13-8-5-6-9-14-19/h18H,4-15H2,1-3H3. The fourth-order valence-electron chi connectivity index (χ4n) is 3.06. The minimum Gasteiger partial charge on any atom is -0.468 e. The molecule has 1 fully saturated rings. The molecule has 1 unspecified atom stereocenters. The van der Waals surface area contributed by atoms with Gasteiger partial charge in [-0.3, -0.25) is 4.79 Å². The van der Waals surface area contributed by atoms with E-state index in [1.165, 1.54) is 58.8 Å². The van der Waals surface area contributed by atoms with E-state index < -0.39 is 5.54 Å². The van der Waals surface area contributed by atoms with Gasteiger partial charge in [0.25, 0.3) is 0 Å². The van der Waals surface area contributed by atoms with E-state index in [4.69, 9.17) is 4.74 Å². The van der Waals surface area contributed by atoms with Crippen LogP contribution in [0.25, 0.3) is 0 Å². The number of hydrogen-bond acceptors (Lipinski definition) is 4. The molecular weight excluding hydrogens is 264 g/mol. The summed E-state index contributed by atoms with van der Waals surface area (Å²) in [7, 11) is 1.48. The van der Waals surface area contributed by atoms with Crippen LogP contribution in [-0.2, 0) is 9.53 Å². The van der Waals surface area contributed by atoms with Gasteiger partial charge in [0, 0.05) is 0 Å². The summed E-state index contributed by atoms with van der Waals surface area (Å²) >= 11 is 0. The Bertz CT molecular complexity index is 289. The average Bonchev–Trinajstić information content (AvgIpc) is 2.77. The number of unbranched alkanes of at least 4 members (excludes halogenated alkanes) is 1. The molecule has 0 aromatic rings. The zero-order valence-electron chi connectivity index (χ0n) is 14.2. The quantitative estimate of drug-likeness (QED) is 0.525. The number of rotatable bonds is 9. The molecule has 1 aliphatic heterocycles. The molecule has 0 aromatic heterocycles. The number of carbonyl (C=O) groups is 1. The summed E-state index contributed by atoms with van der Waals surface area (Å²) in [5.74, 6) is -0.134. The van der Waals surface area contributed by atoms with Crippen molar-refractivity contribution >= 4 is 5.97 Å². The fraction of sp³-hybridized carbons (Fsp3) is 0.941. The first-order valence-corrected chi connectivity index (χ1v) is 8.68. The lowest BCUT2D eigenvalue weighted by Gasteiger charge is -2.28. The lowest BCUT2D eigenvalue weighted by molar-refractivity contribution is -0.148. The van der Waals surface area contributed by atoms with Crippen LogP contribution in [-0.4, -0.2) is 49.7 Å². The number of methoxy groups -OCH3 is 1. The molecule has 0 saturated carbocycles. The van der Waals surface area contributed by atoms with E-state index in [-0.39, 0.29) is 5.97 Å². The van der Waals surface area contributed by atoms with E-state index in [9.17, 15) is 4.79 Å². The van der Waals surface area contributed by atoms with Gasteiger partial charge in [0.2, 0.25) is 0 Å². The lowest BCUT2D eigenvalue weighted by Crippen LogP contribution is -2.50. The van der Waals surface area contributed by atoms with Gasteiger partial charge >= 0.3 is 5.97 Å². The van der Waals surface area contributed by atoms with Crippen LogP contribution in [0.5, 0.6) is 0 Å². The average molecular weight is 298 g/mol. The van der Waals surface area contributed by atoms with Crippen molar-refractivity contribution < 1.29 is 9.53 Å². The maximum Gasteiger partial charge on any atom is 0.325 e. The SMILES string of the molecule is CCCNC(C)(CCCCN1CCCCCC1)C(=O)OC. The van der Waals surface area contributed by atoms with E-state index in [2.05, 4.69) is 17.1 Å². The second kappa shape index (κ2) is 10.2. The van der Waals surface area contributed by atoms with Crippen molar-refractivity contribution in [3.8, 4) is 0 Å². The summed E-state index contributed by atoms with van der Waals surface area (Å²) < 4.78 is 4.96. The van der Waals surface area contributed by atoms with Gasteiger partial charge in [-0.1, -0.05) is 19.8 Å².